The van der Waals surface area contributed by atoms with Crippen LogP contribution in [0.2, 0.25) is 0 Å². The summed E-state index contributed by atoms with van der Waals surface area (Å²) in [6, 6.07) is 23.9. The Hall–Kier alpha value is -3.34. The molecule has 38 heavy (non-hydrogen) atoms. The van der Waals surface area contributed by atoms with Gasteiger partial charge >= 0.3 is 0 Å². The highest BCUT2D eigenvalue weighted by Gasteiger charge is 2.20. The third-order valence-corrected chi connectivity index (χ3v) is 8.22. The summed E-state index contributed by atoms with van der Waals surface area (Å²) in [5.41, 5.74) is 4.09. The molecule has 1 aromatic heterocycles. The fourth-order valence-corrected chi connectivity index (χ4v) is 5.51. The van der Waals surface area contributed by atoms with Gasteiger partial charge in [0, 0.05) is 39.3 Å². The highest BCUT2D eigenvalue weighted by Crippen LogP contribution is 2.34. The number of hydrogen-bond donors (Lipinski definition) is 0. The number of piperazine rings is 1. The van der Waals surface area contributed by atoms with Crippen molar-refractivity contribution >= 4 is 11.7 Å². The smallest absolute Gasteiger partial charge is 0.219 e. The number of nitrogens with zero attached hydrogens (tertiary/aromatic N) is 3. The van der Waals surface area contributed by atoms with E-state index in [1.807, 2.05) is 11.0 Å². The number of aromatic nitrogens is 1. The van der Waals surface area contributed by atoms with Crippen LogP contribution < -0.4 is 9.64 Å². The van der Waals surface area contributed by atoms with Crippen molar-refractivity contribution in [3.8, 4) is 5.75 Å². The molecule has 1 aliphatic heterocycles. The Morgan fingerprint density at radius 3 is 2.08 bits per heavy atom. The predicted octanol–water partition coefficient (Wildman–Crippen LogP) is 7.01. The largest absolute Gasteiger partial charge is 0.497 e. The number of carbonyl (C=O) groups excluding carboxylic acids is 1. The number of benzene rings is 2. The Bertz CT molecular complexity index is 1140. The summed E-state index contributed by atoms with van der Waals surface area (Å²) < 4.78 is 5.44. The number of anilines is 1. The molecule has 1 saturated heterocycles. The van der Waals surface area contributed by atoms with E-state index in [9.17, 15) is 4.79 Å². The zero-order valence-corrected chi connectivity index (χ0v) is 23.5. The normalized spacial score (nSPS) is 16.1. The molecule has 4 rings (SSSR count). The van der Waals surface area contributed by atoms with Crippen molar-refractivity contribution < 1.29 is 9.53 Å². The maximum atomic E-state index is 11.6. The molecule has 0 spiro atoms. The average molecular weight is 514 g/mol. The first-order valence-corrected chi connectivity index (χ1v) is 14.1. The third kappa shape index (κ3) is 7.37. The summed E-state index contributed by atoms with van der Waals surface area (Å²) in [7, 11) is 1.73. The molecule has 1 fully saturated rings. The highest BCUT2D eigenvalue weighted by atomic mass is 16.5. The zero-order chi connectivity index (χ0) is 26.9. The summed E-state index contributed by atoms with van der Waals surface area (Å²) >= 11 is 0. The van der Waals surface area contributed by atoms with E-state index in [2.05, 4.69) is 85.6 Å². The summed E-state index contributed by atoms with van der Waals surface area (Å²) in [4.78, 5) is 20.6. The number of rotatable bonds is 11. The van der Waals surface area contributed by atoms with Gasteiger partial charge in [0.15, 0.2) is 0 Å². The zero-order valence-electron chi connectivity index (χ0n) is 23.5. The van der Waals surface area contributed by atoms with Gasteiger partial charge < -0.3 is 14.5 Å². The van der Waals surface area contributed by atoms with Crippen molar-refractivity contribution in [2.45, 2.75) is 64.2 Å². The van der Waals surface area contributed by atoms with E-state index in [1.54, 1.807) is 14.0 Å². The lowest BCUT2D eigenvalue weighted by Gasteiger charge is -2.35. The number of hydrogen-bond acceptors (Lipinski definition) is 4. The van der Waals surface area contributed by atoms with E-state index >= 15 is 0 Å². The van der Waals surface area contributed by atoms with Crippen molar-refractivity contribution in [1.82, 2.24) is 9.88 Å². The Morgan fingerprint density at radius 1 is 0.816 bits per heavy atom. The lowest BCUT2D eigenvalue weighted by atomic mass is 9.83. The Morgan fingerprint density at radius 2 is 1.47 bits per heavy atom. The van der Waals surface area contributed by atoms with Crippen LogP contribution in [0.15, 0.2) is 72.9 Å². The van der Waals surface area contributed by atoms with Crippen LogP contribution >= 0.6 is 0 Å². The fourth-order valence-electron chi connectivity index (χ4n) is 5.51. The van der Waals surface area contributed by atoms with E-state index in [0.717, 1.165) is 57.0 Å². The minimum Gasteiger partial charge on any atom is -0.497 e. The van der Waals surface area contributed by atoms with E-state index < -0.39 is 0 Å². The van der Waals surface area contributed by atoms with E-state index in [-0.39, 0.29) is 5.91 Å². The first-order valence-electron chi connectivity index (χ1n) is 14.1. The number of ether oxygens (including phenoxy) is 1. The average Bonchev–Trinajstić information content (AvgIpc) is 2.97. The van der Waals surface area contributed by atoms with Gasteiger partial charge in [-0.15, -0.1) is 0 Å². The number of amides is 1. The molecule has 2 aromatic carbocycles. The molecular formula is C33H43N3O2. The third-order valence-electron chi connectivity index (χ3n) is 8.22. The molecule has 0 radical (unpaired) electrons. The fraction of sp³-hybridized carbons (Fsp3) is 0.455. The summed E-state index contributed by atoms with van der Waals surface area (Å²) in [5, 5.41) is 0. The van der Waals surface area contributed by atoms with Crippen molar-refractivity contribution in [2.75, 3.05) is 38.2 Å². The van der Waals surface area contributed by atoms with Crippen LogP contribution in [0.4, 0.5) is 5.82 Å². The van der Waals surface area contributed by atoms with Gasteiger partial charge in [0.05, 0.1) is 7.11 Å². The van der Waals surface area contributed by atoms with Gasteiger partial charge in [-0.3, -0.25) is 4.79 Å². The molecule has 202 valence electrons. The van der Waals surface area contributed by atoms with Crippen molar-refractivity contribution in [1.29, 1.82) is 0 Å². The molecule has 0 N–H and O–H groups in total. The second kappa shape index (κ2) is 13.5. The van der Waals surface area contributed by atoms with Gasteiger partial charge in [-0.05, 0) is 78.3 Å². The van der Waals surface area contributed by atoms with Gasteiger partial charge in [-0.2, -0.15) is 0 Å². The molecule has 0 aliphatic carbocycles. The Labute approximate surface area is 228 Å². The minimum atomic E-state index is 0.158. The summed E-state index contributed by atoms with van der Waals surface area (Å²) in [6.45, 7) is 9.52. The van der Waals surface area contributed by atoms with Crippen LogP contribution in [0.1, 0.15) is 80.9 Å². The van der Waals surface area contributed by atoms with Crippen molar-refractivity contribution in [2.24, 2.45) is 0 Å². The van der Waals surface area contributed by atoms with Crippen molar-refractivity contribution in [3.63, 3.8) is 0 Å². The van der Waals surface area contributed by atoms with Gasteiger partial charge in [-0.25, -0.2) is 4.98 Å². The van der Waals surface area contributed by atoms with Crippen LogP contribution in [0.3, 0.4) is 0 Å². The molecular weight excluding hydrogens is 470 g/mol. The lowest BCUT2D eigenvalue weighted by molar-refractivity contribution is -0.129. The summed E-state index contributed by atoms with van der Waals surface area (Å²) in [5.74, 6) is 3.58. The quantitative estimate of drug-likeness (QED) is 0.277. The van der Waals surface area contributed by atoms with Gasteiger partial charge in [0.25, 0.3) is 0 Å². The SMILES string of the molecule is COc1cccc(C(C)CCC(CCC(C)c2ccc(N3CCN(C(C)=O)CC3)nc2)c2ccccc2)c1. The molecule has 5 nitrogen and oxygen atoms in total. The predicted molar refractivity (Wildman–Crippen MR) is 156 cm³/mol. The van der Waals surface area contributed by atoms with Gasteiger partial charge in [0.2, 0.25) is 5.91 Å². The summed E-state index contributed by atoms with van der Waals surface area (Å²) in [6.07, 6.45) is 6.66. The maximum absolute atomic E-state index is 11.6. The van der Waals surface area contributed by atoms with Crippen LogP contribution in [-0.2, 0) is 4.79 Å². The minimum absolute atomic E-state index is 0.158. The van der Waals surface area contributed by atoms with Crippen LogP contribution in [0.25, 0.3) is 0 Å². The van der Waals surface area contributed by atoms with E-state index in [1.165, 1.54) is 23.1 Å². The van der Waals surface area contributed by atoms with E-state index in [4.69, 9.17) is 9.72 Å². The molecule has 3 aromatic rings. The second-order valence-electron chi connectivity index (χ2n) is 10.8. The molecule has 1 amide bonds. The molecule has 1 aliphatic rings. The monoisotopic (exact) mass is 513 g/mol. The standard InChI is InChI=1S/C33H43N3O2/c1-25(30-11-8-12-32(23-30)38-4)13-15-29(28-9-6-5-7-10-28)16-14-26(2)31-17-18-33(34-24-31)36-21-19-35(20-22-36)27(3)37/h5-12,17-18,23-26,29H,13-16,19-22H2,1-4H3. The highest BCUT2D eigenvalue weighted by molar-refractivity contribution is 5.73. The molecule has 0 bridgehead atoms. The van der Waals surface area contributed by atoms with E-state index in [0.29, 0.717) is 17.8 Å². The van der Waals surface area contributed by atoms with Crippen LogP contribution in [0, 0.1) is 0 Å². The van der Waals surface area contributed by atoms with Gasteiger partial charge in [0.1, 0.15) is 11.6 Å². The molecule has 0 saturated carbocycles. The molecule has 3 atom stereocenters. The Balaban J connectivity index is 1.34. The van der Waals surface area contributed by atoms with Crippen LogP contribution in [0.5, 0.6) is 5.75 Å². The molecule has 2 heterocycles. The van der Waals surface area contributed by atoms with Crippen molar-refractivity contribution in [3.05, 3.63) is 89.6 Å². The number of pyridine rings is 1. The Kier molecular flexibility index (Phi) is 9.80. The maximum Gasteiger partial charge on any atom is 0.219 e. The lowest BCUT2D eigenvalue weighted by Crippen LogP contribution is -2.48. The number of carbonyl (C=O) groups is 1. The molecule has 5 heteroatoms. The molecule has 3 unspecified atom stereocenters. The number of methoxy groups -OCH3 is 1. The second-order valence-corrected chi connectivity index (χ2v) is 10.8. The first kappa shape index (κ1) is 27.7. The topological polar surface area (TPSA) is 45.7 Å². The van der Waals surface area contributed by atoms with Gasteiger partial charge in [-0.1, -0.05) is 62.4 Å². The first-order chi connectivity index (χ1) is 18.4. The van der Waals surface area contributed by atoms with Crippen LogP contribution in [-0.4, -0.2) is 49.1 Å².